The Hall–Kier alpha value is -2.47. The van der Waals surface area contributed by atoms with Crippen molar-refractivity contribution in [3.63, 3.8) is 0 Å². The number of benzene rings is 2. The summed E-state index contributed by atoms with van der Waals surface area (Å²) in [6, 6.07) is 20.5. The molecule has 1 fully saturated rings. The summed E-state index contributed by atoms with van der Waals surface area (Å²) < 4.78 is 5.48. The summed E-state index contributed by atoms with van der Waals surface area (Å²) in [5, 5.41) is 8.63. The molecule has 0 bridgehead atoms. The Labute approximate surface area is 119 Å². The maximum atomic E-state index is 8.63. The molecule has 3 rings (SSSR count). The van der Waals surface area contributed by atoms with Gasteiger partial charge in [0.25, 0.3) is 0 Å². The summed E-state index contributed by atoms with van der Waals surface area (Å²) in [5.74, 6) is 1.38. The highest BCUT2D eigenvalue weighted by atomic mass is 16.5. The molecule has 20 heavy (non-hydrogen) atoms. The van der Waals surface area contributed by atoms with Crippen LogP contribution in [0.2, 0.25) is 0 Å². The van der Waals surface area contributed by atoms with Crippen LogP contribution >= 0.6 is 0 Å². The molecule has 0 radical (unpaired) electrons. The molecule has 1 aliphatic heterocycles. The lowest BCUT2D eigenvalue weighted by atomic mass is 9.91. The number of rotatable bonds is 4. The van der Waals surface area contributed by atoms with E-state index in [0.717, 1.165) is 24.5 Å². The molecule has 2 aromatic rings. The molecule has 3 nitrogen and oxygen atoms in total. The lowest BCUT2D eigenvalue weighted by molar-refractivity contribution is 0.365. The summed E-state index contributed by atoms with van der Waals surface area (Å²) in [4.78, 5) is 2.30. The van der Waals surface area contributed by atoms with Gasteiger partial charge in [-0.15, -0.1) is 0 Å². The van der Waals surface area contributed by atoms with Gasteiger partial charge in [0.15, 0.2) is 6.61 Å². The van der Waals surface area contributed by atoms with Crippen LogP contribution in [0.1, 0.15) is 11.5 Å². The largest absolute Gasteiger partial charge is 0.477 e. The summed E-state index contributed by atoms with van der Waals surface area (Å²) in [5.41, 5.74) is 2.47. The first-order chi connectivity index (χ1) is 9.88. The van der Waals surface area contributed by atoms with E-state index in [2.05, 4.69) is 29.2 Å². The van der Waals surface area contributed by atoms with Gasteiger partial charge in [0, 0.05) is 19.0 Å². The minimum absolute atomic E-state index is 0.0902. The number of nitrogens with zero attached hydrogens (tertiary/aromatic N) is 2. The Morgan fingerprint density at radius 2 is 1.75 bits per heavy atom. The Morgan fingerprint density at radius 3 is 2.50 bits per heavy atom. The molecular weight excluding hydrogens is 248 g/mol. The SMILES string of the molecule is N#CCOc1ccccc1N1CC(c2ccccc2)C1. The van der Waals surface area contributed by atoms with E-state index in [4.69, 9.17) is 10.00 Å². The molecule has 0 spiro atoms. The predicted molar refractivity (Wildman–Crippen MR) is 78.9 cm³/mol. The molecule has 100 valence electrons. The molecule has 2 aromatic carbocycles. The van der Waals surface area contributed by atoms with E-state index in [-0.39, 0.29) is 6.61 Å². The van der Waals surface area contributed by atoms with Gasteiger partial charge < -0.3 is 9.64 Å². The number of hydrogen-bond acceptors (Lipinski definition) is 3. The Morgan fingerprint density at radius 1 is 1.05 bits per heavy atom. The standard InChI is InChI=1S/C17H16N2O/c18-10-11-20-17-9-5-4-8-16(17)19-12-15(13-19)14-6-2-1-3-7-14/h1-9,15H,11-13H2. The second-order valence-electron chi connectivity index (χ2n) is 4.93. The number of ether oxygens (including phenoxy) is 1. The normalized spacial score (nSPS) is 14.4. The van der Waals surface area contributed by atoms with Crippen LogP contribution in [0.25, 0.3) is 0 Å². The average molecular weight is 264 g/mol. The third-order valence-corrected chi connectivity index (χ3v) is 3.65. The fourth-order valence-electron chi connectivity index (χ4n) is 2.56. The Balaban J connectivity index is 1.69. The summed E-state index contributed by atoms with van der Waals surface area (Å²) in [6.07, 6.45) is 0. The summed E-state index contributed by atoms with van der Waals surface area (Å²) in [7, 11) is 0. The van der Waals surface area contributed by atoms with Crippen molar-refractivity contribution in [2.24, 2.45) is 0 Å². The van der Waals surface area contributed by atoms with E-state index < -0.39 is 0 Å². The van der Waals surface area contributed by atoms with E-state index >= 15 is 0 Å². The Kier molecular flexibility index (Phi) is 3.56. The molecule has 0 atom stereocenters. The molecule has 0 aromatic heterocycles. The predicted octanol–water partition coefficient (Wildman–Crippen LogP) is 3.19. The van der Waals surface area contributed by atoms with Gasteiger partial charge in [-0.25, -0.2) is 0 Å². The third kappa shape index (κ3) is 2.46. The van der Waals surface area contributed by atoms with Gasteiger partial charge in [0.1, 0.15) is 11.8 Å². The van der Waals surface area contributed by atoms with Crippen molar-refractivity contribution >= 4 is 5.69 Å². The minimum atomic E-state index is 0.0902. The molecule has 0 N–H and O–H groups in total. The first-order valence-corrected chi connectivity index (χ1v) is 6.77. The van der Waals surface area contributed by atoms with Gasteiger partial charge in [0.05, 0.1) is 5.69 Å². The van der Waals surface area contributed by atoms with Crippen LogP contribution in [-0.4, -0.2) is 19.7 Å². The fraction of sp³-hybridized carbons (Fsp3) is 0.235. The van der Waals surface area contributed by atoms with E-state index in [1.165, 1.54) is 5.56 Å². The first-order valence-electron chi connectivity index (χ1n) is 6.77. The van der Waals surface area contributed by atoms with Crippen LogP contribution in [0.4, 0.5) is 5.69 Å². The maximum Gasteiger partial charge on any atom is 0.174 e. The van der Waals surface area contributed by atoms with Crippen molar-refractivity contribution in [1.29, 1.82) is 5.26 Å². The second kappa shape index (κ2) is 5.66. The van der Waals surface area contributed by atoms with Crippen molar-refractivity contribution in [2.45, 2.75) is 5.92 Å². The van der Waals surface area contributed by atoms with Crippen LogP contribution in [0.5, 0.6) is 5.75 Å². The molecule has 0 unspecified atom stereocenters. The van der Waals surface area contributed by atoms with E-state index in [0.29, 0.717) is 5.92 Å². The lowest BCUT2D eigenvalue weighted by Crippen LogP contribution is -2.45. The Bertz CT molecular complexity index is 612. The van der Waals surface area contributed by atoms with Crippen LogP contribution in [-0.2, 0) is 0 Å². The van der Waals surface area contributed by atoms with Gasteiger partial charge >= 0.3 is 0 Å². The van der Waals surface area contributed by atoms with E-state index in [1.807, 2.05) is 36.4 Å². The molecule has 3 heteroatoms. The fourth-order valence-corrected chi connectivity index (χ4v) is 2.56. The highest BCUT2D eigenvalue weighted by Gasteiger charge is 2.29. The maximum absolute atomic E-state index is 8.63. The van der Waals surface area contributed by atoms with Gasteiger partial charge in [-0.1, -0.05) is 42.5 Å². The van der Waals surface area contributed by atoms with Crippen molar-refractivity contribution in [2.75, 3.05) is 24.6 Å². The minimum Gasteiger partial charge on any atom is -0.477 e. The molecule has 1 heterocycles. The molecule has 0 saturated carbocycles. The van der Waals surface area contributed by atoms with Crippen LogP contribution < -0.4 is 9.64 Å². The first kappa shape index (κ1) is 12.6. The van der Waals surface area contributed by atoms with Crippen molar-refractivity contribution < 1.29 is 4.74 Å². The number of para-hydroxylation sites is 2. The van der Waals surface area contributed by atoms with Crippen molar-refractivity contribution in [3.05, 3.63) is 60.2 Å². The summed E-state index contributed by atoms with van der Waals surface area (Å²) >= 11 is 0. The smallest absolute Gasteiger partial charge is 0.174 e. The topological polar surface area (TPSA) is 36.3 Å². The zero-order valence-corrected chi connectivity index (χ0v) is 11.2. The molecule has 0 aliphatic carbocycles. The highest BCUT2D eigenvalue weighted by molar-refractivity contribution is 5.61. The van der Waals surface area contributed by atoms with Crippen molar-refractivity contribution in [1.82, 2.24) is 0 Å². The van der Waals surface area contributed by atoms with Crippen LogP contribution in [0.3, 0.4) is 0 Å². The zero-order valence-electron chi connectivity index (χ0n) is 11.2. The quantitative estimate of drug-likeness (QED) is 0.851. The highest BCUT2D eigenvalue weighted by Crippen LogP contribution is 2.36. The zero-order chi connectivity index (χ0) is 13.8. The number of hydrogen-bond donors (Lipinski definition) is 0. The molecular formula is C17H16N2O. The van der Waals surface area contributed by atoms with E-state index in [1.54, 1.807) is 0 Å². The lowest BCUT2D eigenvalue weighted by Gasteiger charge is -2.41. The van der Waals surface area contributed by atoms with Gasteiger partial charge in [0.2, 0.25) is 0 Å². The van der Waals surface area contributed by atoms with E-state index in [9.17, 15) is 0 Å². The molecule has 1 saturated heterocycles. The van der Waals surface area contributed by atoms with Crippen molar-refractivity contribution in [3.8, 4) is 11.8 Å². The summed E-state index contributed by atoms with van der Waals surface area (Å²) in [6.45, 7) is 2.08. The number of anilines is 1. The van der Waals surface area contributed by atoms with Crippen LogP contribution in [0.15, 0.2) is 54.6 Å². The third-order valence-electron chi connectivity index (χ3n) is 3.65. The monoisotopic (exact) mass is 264 g/mol. The number of nitriles is 1. The molecule has 0 amide bonds. The van der Waals surface area contributed by atoms with Gasteiger partial charge in [-0.3, -0.25) is 0 Å². The van der Waals surface area contributed by atoms with Gasteiger partial charge in [-0.05, 0) is 17.7 Å². The van der Waals surface area contributed by atoms with Gasteiger partial charge in [-0.2, -0.15) is 5.26 Å². The van der Waals surface area contributed by atoms with Crippen LogP contribution in [0, 0.1) is 11.3 Å². The molecule has 1 aliphatic rings. The second-order valence-corrected chi connectivity index (χ2v) is 4.93. The average Bonchev–Trinajstić information content (AvgIpc) is 2.46.